The van der Waals surface area contributed by atoms with Gasteiger partial charge < -0.3 is 9.64 Å². The number of nitrogens with zero attached hydrogens (tertiary/aromatic N) is 1. The van der Waals surface area contributed by atoms with Gasteiger partial charge in [-0.2, -0.15) is 0 Å². The molecule has 114 valence electrons. The molecule has 0 saturated heterocycles. The Morgan fingerprint density at radius 3 is 2.77 bits per heavy atom. The average Bonchev–Trinajstić information content (AvgIpc) is 2.54. The smallest absolute Gasteiger partial charge is 0.410 e. The van der Waals surface area contributed by atoms with E-state index in [0.29, 0.717) is 19.7 Å². The minimum absolute atomic E-state index is 0.244. The van der Waals surface area contributed by atoms with Crippen molar-refractivity contribution in [3.63, 3.8) is 0 Å². The lowest BCUT2D eigenvalue weighted by molar-refractivity contribution is 0.0918. The predicted octanol–water partition coefficient (Wildman–Crippen LogP) is 4.45. The van der Waals surface area contributed by atoms with Gasteiger partial charge in [0.1, 0.15) is 6.61 Å². The SMILES string of the molecule is Cc1cc2c(cc1Br)CN(C(=O)OCc1ccccc1)CC2. The number of hydrogen-bond donors (Lipinski definition) is 0. The Bertz CT molecular complexity index is 685. The second kappa shape index (κ2) is 6.53. The second-order valence-electron chi connectivity index (χ2n) is 5.58. The lowest BCUT2D eigenvalue weighted by Crippen LogP contribution is -2.36. The van der Waals surface area contributed by atoms with Crippen LogP contribution in [-0.4, -0.2) is 17.5 Å². The maximum atomic E-state index is 12.2. The first-order chi connectivity index (χ1) is 10.6. The van der Waals surface area contributed by atoms with Crippen molar-refractivity contribution in [2.45, 2.75) is 26.5 Å². The fraction of sp³-hybridized carbons (Fsp3) is 0.278. The molecule has 0 atom stereocenters. The van der Waals surface area contributed by atoms with E-state index >= 15 is 0 Å². The average molecular weight is 360 g/mol. The van der Waals surface area contributed by atoms with E-state index in [-0.39, 0.29) is 6.09 Å². The Kier molecular flexibility index (Phi) is 4.48. The Balaban J connectivity index is 1.64. The molecule has 2 aromatic rings. The molecule has 3 rings (SSSR count). The zero-order valence-electron chi connectivity index (χ0n) is 12.5. The van der Waals surface area contributed by atoms with E-state index in [1.54, 1.807) is 4.90 Å². The van der Waals surface area contributed by atoms with Gasteiger partial charge in [-0.05, 0) is 41.7 Å². The third-order valence-corrected chi connectivity index (χ3v) is 4.81. The normalized spacial score (nSPS) is 13.6. The largest absolute Gasteiger partial charge is 0.445 e. The van der Waals surface area contributed by atoms with Crippen molar-refractivity contribution in [2.75, 3.05) is 6.54 Å². The number of ether oxygens (including phenoxy) is 1. The van der Waals surface area contributed by atoms with Crippen LogP contribution in [0.4, 0.5) is 4.79 Å². The molecule has 22 heavy (non-hydrogen) atoms. The van der Waals surface area contributed by atoms with Gasteiger partial charge in [0, 0.05) is 17.6 Å². The van der Waals surface area contributed by atoms with Crippen LogP contribution in [0.1, 0.15) is 22.3 Å². The van der Waals surface area contributed by atoms with Crippen LogP contribution in [-0.2, 0) is 24.3 Å². The number of carbonyl (C=O) groups excluding carboxylic acids is 1. The Morgan fingerprint density at radius 1 is 1.23 bits per heavy atom. The zero-order valence-corrected chi connectivity index (χ0v) is 14.1. The van der Waals surface area contributed by atoms with E-state index in [1.165, 1.54) is 16.7 Å². The van der Waals surface area contributed by atoms with Crippen molar-refractivity contribution in [2.24, 2.45) is 0 Å². The summed E-state index contributed by atoms with van der Waals surface area (Å²) in [7, 11) is 0. The summed E-state index contributed by atoms with van der Waals surface area (Å²) in [5.41, 5.74) is 4.76. The summed E-state index contributed by atoms with van der Waals surface area (Å²) < 4.78 is 6.50. The van der Waals surface area contributed by atoms with Crippen LogP contribution in [0.15, 0.2) is 46.9 Å². The van der Waals surface area contributed by atoms with Gasteiger partial charge in [0.15, 0.2) is 0 Å². The number of amides is 1. The molecule has 0 N–H and O–H groups in total. The molecule has 0 aromatic heterocycles. The molecule has 0 radical (unpaired) electrons. The molecular weight excluding hydrogens is 342 g/mol. The van der Waals surface area contributed by atoms with Gasteiger partial charge in [0.2, 0.25) is 0 Å². The van der Waals surface area contributed by atoms with Crippen LogP contribution in [0, 0.1) is 6.92 Å². The fourth-order valence-corrected chi connectivity index (χ4v) is 3.06. The summed E-state index contributed by atoms with van der Waals surface area (Å²) >= 11 is 3.56. The second-order valence-corrected chi connectivity index (χ2v) is 6.44. The molecule has 0 aliphatic carbocycles. The van der Waals surface area contributed by atoms with E-state index in [9.17, 15) is 4.79 Å². The Hall–Kier alpha value is -1.81. The highest BCUT2D eigenvalue weighted by Gasteiger charge is 2.22. The number of fused-ring (bicyclic) bond motifs is 1. The Morgan fingerprint density at radius 2 is 2.00 bits per heavy atom. The standard InChI is InChI=1S/C18H18BrNO2/c1-13-9-15-7-8-20(11-16(15)10-17(13)19)18(21)22-12-14-5-3-2-4-6-14/h2-6,9-10H,7-8,11-12H2,1H3. The molecule has 0 bridgehead atoms. The van der Waals surface area contributed by atoms with Gasteiger partial charge in [0.05, 0.1) is 0 Å². The zero-order chi connectivity index (χ0) is 15.5. The van der Waals surface area contributed by atoms with Crippen molar-refractivity contribution >= 4 is 22.0 Å². The van der Waals surface area contributed by atoms with E-state index in [4.69, 9.17) is 4.74 Å². The lowest BCUT2D eigenvalue weighted by atomic mass is 9.98. The Labute approximate surface area is 139 Å². The van der Waals surface area contributed by atoms with Gasteiger partial charge in [-0.3, -0.25) is 0 Å². The fourth-order valence-electron chi connectivity index (χ4n) is 2.67. The van der Waals surface area contributed by atoms with Crippen molar-refractivity contribution in [3.8, 4) is 0 Å². The van der Waals surface area contributed by atoms with Crippen LogP contribution in [0.3, 0.4) is 0 Å². The number of aryl methyl sites for hydroxylation is 1. The predicted molar refractivity (Wildman–Crippen MR) is 89.6 cm³/mol. The van der Waals surface area contributed by atoms with E-state index < -0.39 is 0 Å². The maximum absolute atomic E-state index is 12.2. The molecular formula is C18H18BrNO2. The molecule has 1 heterocycles. The van der Waals surface area contributed by atoms with Crippen LogP contribution < -0.4 is 0 Å². The first kappa shape index (κ1) is 15.1. The van der Waals surface area contributed by atoms with E-state index in [2.05, 4.69) is 35.0 Å². The van der Waals surface area contributed by atoms with Crippen LogP contribution in [0.25, 0.3) is 0 Å². The van der Waals surface area contributed by atoms with Gasteiger partial charge in [-0.1, -0.05) is 52.3 Å². The number of halogens is 1. The monoisotopic (exact) mass is 359 g/mol. The van der Waals surface area contributed by atoms with Gasteiger partial charge in [0.25, 0.3) is 0 Å². The first-order valence-corrected chi connectivity index (χ1v) is 8.16. The number of benzene rings is 2. The van der Waals surface area contributed by atoms with Crippen molar-refractivity contribution in [1.82, 2.24) is 4.90 Å². The molecule has 0 saturated carbocycles. The van der Waals surface area contributed by atoms with Crippen LogP contribution in [0.5, 0.6) is 0 Å². The molecule has 0 spiro atoms. The van der Waals surface area contributed by atoms with Crippen molar-refractivity contribution < 1.29 is 9.53 Å². The van der Waals surface area contributed by atoms with E-state index in [1.807, 2.05) is 30.3 Å². The quantitative estimate of drug-likeness (QED) is 0.792. The van der Waals surface area contributed by atoms with Crippen LogP contribution in [0.2, 0.25) is 0 Å². The number of rotatable bonds is 2. The minimum Gasteiger partial charge on any atom is -0.445 e. The topological polar surface area (TPSA) is 29.5 Å². The summed E-state index contributed by atoms with van der Waals surface area (Å²) in [4.78, 5) is 14.0. The van der Waals surface area contributed by atoms with Gasteiger partial charge >= 0.3 is 6.09 Å². The highest BCUT2D eigenvalue weighted by molar-refractivity contribution is 9.10. The minimum atomic E-state index is -0.244. The highest BCUT2D eigenvalue weighted by Crippen LogP contribution is 2.26. The summed E-state index contributed by atoms with van der Waals surface area (Å²) in [5, 5.41) is 0. The van der Waals surface area contributed by atoms with Crippen molar-refractivity contribution in [3.05, 3.63) is 69.2 Å². The number of carbonyl (C=O) groups is 1. The first-order valence-electron chi connectivity index (χ1n) is 7.37. The summed E-state index contributed by atoms with van der Waals surface area (Å²) in [5.74, 6) is 0. The van der Waals surface area contributed by atoms with Gasteiger partial charge in [-0.25, -0.2) is 4.79 Å². The molecule has 0 unspecified atom stereocenters. The molecule has 0 fully saturated rings. The molecule has 1 amide bonds. The summed E-state index contributed by atoms with van der Waals surface area (Å²) in [6.45, 7) is 3.73. The lowest BCUT2D eigenvalue weighted by Gasteiger charge is -2.28. The van der Waals surface area contributed by atoms with Crippen LogP contribution >= 0.6 is 15.9 Å². The van der Waals surface area contributed by atoms with Crippen molar-refractivity contribution in [1.29, 1.82) is 0 Å². The molecule has 1 aliphatic rings. The highest BCUT2D eigenvalue weighted by atomic mass is 79.9. The third-order valence-electron chi connectivity index (χ3n) is 3.96. The molecule has 4 heteroatoms. The third kappa shape index (κ3) is 3.33. The summed E-state index contributed by atoms with van der Waals surface area (Å²) in [6, 6.07) is 14.1. The molecule has 2 aromatic carbocycles. The number of hydrogen-bond acceptors (Lipinski definition) is 2. The van der Waals surface area contributed by atoms with Gasteiger partial charge in [-0.15, -0.1) is 0 Å². The maximum Gasteiger partial charge on any atom is 0.410 e. The summed E-state index contributed by atoms with van der Waals surface area (Å²) in [6.07, 6.45) is 0.635. The molecule has 1 aliphatic heterocycles. The van der Waals surface area contributed by atoms with E-state index in [0.717, 1.165) is 16.5 Å². The molecule has 3 nitrogen and oxygen atoms in total.